The number of piperidine rings is 1. The van der Waals surface area contributed by atoms with Crippen molar-refractivity contribution in [1.29, 1.82) is 0 Å². The number of anilines is 1. The summed E-state index contributed by atoms with van der Waals surface area (Å²) < 4.78 is 8.29. The molecule has 1 saturated heterocycles. The van der Waals surface area contributed by atoms with E-state index in [0.29, 0.717) is 6.04 Å². The maximum atomic E-state index is 13.0. The fourth-order valence-electron chi connectivity index (χ4n) is 5.07. The fourth-order valence-corrected chi connectivity index (χ4v) is 6.09. The number of ether oxygens (including phenoxy) is 1. The van der Waals surface area contributed by atoms with Gasteiger partial charge in [0.15, 0.2) is 10.8 Å². The van der Waals surface area contributed by atoms with E-state index in [-0.39, 0.29) is 11.8 Å². The molecule has 0 radical (unpaired) electrons. The van der Waals surface area contributed by atoms with Crippen molar-refractivity contribution in [1.82, 2.24) is 20.1 Å². The molecule has 176 valence electrons. The minimum Gasteiger partial charge on any atom is -0.497 e. The lowest BCUT2D eigenvalue weighted by Gasteiger charge is -2.32. The van der Waals surface area contributed by atoms with E-state index >= 15 is 0 Å². The van der Waals surface area contributed by atoms with Gasteiger partial charge in [-0.15, -0.1) is 0 Å². The molecule has 1 N–H and O–H groups in total. The zero-order valence-electron chi connectivity index (χ0n) is 19.5. The number of carbonyl (C=O) groups is 1. The molecule has 1 aromatic carbocycles. The number of rotatable bonds is 5. The molecule has 8 heteroatoms. The first-order chi connectivity index (χ1) is 16.1. The van der Waals surface area contributed by atoms with Crippen LogP contribution in [0.2, 0.25) is 0 Å². The van der Waals surface area contributed by atoms with Gasteiger partial charge < -0.3 is 15.0 Å². The number of hydrogen-bond acceptors (Lipinski definition) is 6. The molecule has 3 aromatic rings. The predicted molar refractivity (Wildman–Crippen MR) is 133 cm³/mol. The van der Waals surface area contributed by atoms with Gasteiger partial charge in [-0.25, -0.2) is 4.68 Å². The molecule has 2 aromatic heterocycles. The number of carbonyl (C=O) groups excluding carboxylic acids is 1. The van der Waals surface area contributed by atoms with Gasteiger partial charge in [-0.2, -0.15) is 10.1 Å². The molecule has 5 rings (SSSR count). The number of benzene rings is 1. The molecule has 0 unspecified atom stereocenters. The molecule has 1 saturated carbocycles. The second-order valence-electron chi connectivity index (χ2n) is 9.33. The van der Waals surface area contributed by atoms with Crippen LogP contribution in [-0.2, 0) is 4.79 Å². The standard InChI is InChI=1S/C25H33N5O2S/c1-17-22-23(30(28-17)20-11-13-21(32-2)14-12-20)27-25(33-22)29-15-7-8-18(16-29)24(31)26-19-9-5-3-4-6-10-19/h11-14,18-19H,3-10,15-16H2,1-2H3,(H,26,31)/t18-/m0/s1. The lowest BCUT2D eigenvalue weighted by atomic mass is 9.96. The van der Waals surface area contributed by atoms with Crippen molar-refractivity contribution in [2.75, 3.05) is 25.1 Å². The molecule has 1 atom stereocenters. The Morgan fingerprint density at radius 3 is 2.58 bits per heavy atom. The molecule has 0 bridgehead atoms. The SMILES string of the molecule is COc1ccc(-n2nc(C)c3sc(N4CCC[C@H](C(=O)NC5CCCCCC5)C4)nc32)cc1. The summed E-state index contributed by atoms with van der Waals surface area (Å²) in [6, 6.07) is 8.23. The zero-order valence-corrected chi connectivity index (χ0v) is 20.4. The van der Waals surface area contributed by atoms with Crippen molar-refractivity contribution in [2.24, 2.45) is 5.92 Å². The number of amides is 1. The Hall–Kier alpha value is -2.61. The lowest BCUT2D eigenvalue weighted by molar-refractivity contribution is -0.126. The van der Waals surface area contributed by atoms with Crippen molar-refractivity contribution in [3.63, 3.8) is 0 Å². The van der Waals surface area contributed by atoms with Gasteiger partial charge in [0, 0.05) is 19.1 Å². The van der Waals surface area contributed by atoms with E-state index in [1.807, 2.05) is 35.9 Å². The maximum Gasteiger partial charge on any atom is 0.225 e. The number of aryl methyl sites for hydroxylation is 1. The van der Waals surface area contributed by atoms with Crippen molar-refractivity contribution < 1.29 is 9.53 Å². The summed E-state index contributed by atoms with van der Waals surface area (Å²) in [5.74, 6) is 1.08. The minimum atomic E-state index is 0.0354. The highest BCUT2D eigenvalue weighted by Crippen LogP contribution is 2.34. The van der Waals surface area contributed by atoms with Crippen LogP contribution in [0.25, 0.3) is 16.0 Å². The summed E-state index contributed by atoms with van der Waals surface area (Å²) in [5, 5.41) is 9.07. The van der Waals surface area contributed by atoms with Gasteiger partial charge in [0.1, 0.15) is 5.75 Å². The molecular formula is C25H33N5O2S. The summed E-state index contributed by atoms with van der Waals surface area (Å²) in [5.41, 5.74) is 2.82. The summed E-state index contributed by atoms with van der Waals surface area (Å²) >= 11 is 1.68. The second kappa shape index (κ2) is 9.71. The number of thiazole rings is 1. The molecule has 1 aliphatic heterocycles. The lowest BCUT2D eigenvalue weighted by Crippen LogP contribution is -2.46. The van der Waals surface area contributed by atoms with Crippen molar-refractivity contribution >= 4 is 32.7 Å². The van der Waals surface area contributed by atoms with E-state index in [0.717, 1.165) is 71.4 Å². The third-order valence-corrected chi connectivity index (χ3v) is 8.17. The first-order valence-corrected chi connectivity index (χ1v) is 13.0. The van der Waals surface area contributed by atoms with E-state index < -0.39 is 0 Å². The quantitative estimate of drug-likeness (QED) is 0.543. The number of aromatic nitrogens is 3. The Morgan fingerprint density at radius 1 is 1.09 bits per heavy atom. The fraction of sp³-hybridized carbons (Fsp3) is 0.560. The van der Waals surface area contributed by atoms with Gasteiger partial charge in [-0.05, 0) is 56.9 Å². The molecule has 1 amide bonds. The summed E-state index contributed by atoms with van der Waals surface area (Å²) in [6.45, 7) is 3.71. The van der Waals surface area contributed by atoms with Crippen molar-refractivity contribution in [3.8, 4) is 11.4 Å². The number of methoxy groups -OCH3 is 1. The van der Waals surface area contributed by atoms with Gasteiger partial charge in [-0.3, -0.25) is 4.79 Å². The molecule has 1 aliphatic carbocycles. The van der Waals surface area contributed by atoms with Gasteiger partial charge in [0.2, 0.25) is 5.91 Å². The average Bonchev–Trinajstić information content (AvgIpc) is 3.30. The Bertz CT molecular complexity index is 1100. The van der Waals surface area contributed by atoms with Gasteiger partial charge >= 0.3 is 0 Å². The van der Waals surface area contributed by atoms with Crippen LogP contribution in [-0.4, -0.2) is 46.9 Å². The highest BCUT2D eigenvalue weighted by molar-refractivity contribution is 7.22. The first kappa shape index (κ1) is 22.2. The second-order valence-corrected chi connectivity index (χ2v) is 10.3. The highest BCUT2D eigenvalue weighted by Gasteiger charge is 2.29. The van der Waals surface area contributed by atoms with E-state index in [4.69, 9.17) is 14.8 Å². The first-order valence-electron chi connectivity index (χ1n) is 12.2. The Labute approximate surface area is 199 Å². The molecule has 0 spiro atoms. The Kier molecular flexibility index (Phi) is 6.53. The molecule has 3 heterocycles. The smallest absolute Gasteiger partial charge is 0.225 e. The van der Waals surface area contributed by atoms with Crippen LogP contribution in [0.3, 0.4) is 0 Å². The largest absolute Gasteiger partial charge is 0.497 e. The van der Waals surface area contributed by atoms with Gasteiger partial charge in [0.25, 0.3) is 0 Å². The van der Waals surface area contributed by atoms with Crippen LogP contribution in [0.15, 0.2) is 24.3 Å². The number of fused-ring (bicyclic) bond motifs is 1. The molecule has 2 aliphatic rings. The van der Waals surface area contributed by atoms with Crippen LogP contribution in [0, 0.1) is 12.8 Å². The third-order valence-electron chi connectivity index (χ3n) is 6.96. The molecular weight excluding hydrogens is 434 g/mol. The zero-order chi connectivity index (χ0) is 22.8. The van der Waals surface area contributed by atoms with E-state index in [1.165, 1.54) is 25.7 Å². The highest BCUT2D eigenvalue weighted by atomic mass is 32.1. The monoisotopic (exact) mass is 467 g/mol. The van der Waals surface area contributed by atoms with Crippen molar-refractivity contribution in [2.45, 2.75) is 64.3 Å². The van der Waals surface area contributed by atoms with Gasteiger partial charge in [0.05, 0.1) is 29.1 Å². The maximum absolute atomic E-state index is 13.0. The molecule has 2 fully saturated rings. The van der Waals surface area contributed by atoms with E-state index in [9.17, 15) is 4.79 Å². The normalized spacial score (nSPS) is 20.1. The number of hydrogen-bond donors (Lipinski definition) is 1. The summed E-state index contributed by atoms with van der Waals surface area (Å²) in [7, 11) is 1.67. The van der Waals surface area contributed by atoms with Gasteiger partial charge in [-0.1, -0.05) is 37.0 Å². The van der Waals surface area contributed by atoms with Crippen LogP contribution in [0.5, 0.6) is 5.75 Å². The number of nitrogens with zero attached hydrogens (tertiary/aromatic N) is 4. The Balaban J connectivity index is 1.32. The number of nitrogens with one attached hydrogen (secondary N) is 1. The van der Waals surface area contributed by atoms with E-state index in [1.54, 1.807) is 18.4 Å². The predicted octanol–water partition coefficient (Wildman–Crippen LogP) is 4.85. The Morgan fingerprint density at radius 2 is 1.85 bits per heavy atom. The third kappa shape index (κ3) is 4.71. The van der Waals surface area contributed by atoms with Crippen LogP contribution >= 0.6 is 11.3 Å². The van der Waals surface area contributed by atoms with Crippen LogP contribution in [0.1, 0.15) is 57.1 Å². The summed E-state index contributed by atoms with van der Waals surface area (Å²) in [6.07, 6.45) is 9.29. The van der Waals surface area contributed by atoms with E-state index in [2.05, 4.69) is 10.2 Å². The molecule has 7 nitrogen and oxygen atoms in total. The van der Waals surface area contributed by atoms with Crippen molar-refractivity contribution in [3.05, 3.63) is 30.0 Å². The van der Waals surface area contributed by atoms with Crippen LogP contribution in [0.4, 0.5) is 5.13 Å². The average molecular weight is 468 g/mol. The molecule has 33 heavy (non-hydrogen) atoms. The summed E-state index contributed by atoms with van der Waals surface area (Å²) in [4.78, 5) is 20.3. The minimum absolute atomic E-state index is 0.0354. The topological polar surface area (TPSA) is 72.3 Å². The van der Waals surface area contributed by atoms with Crippen LogP contribution < -0.4 is 15.0 Å².